The number of halogens is 2. The number of nitrogens with zero attached hydrogens (tertiary/aromatic N) is 3. The number of phenolic OH excluding ortho intramolecular Hbond substituents is 1. The summed E-state index contributed by atoms with van der Waals surface area (Å²) in [6, 6.07) is 11.7. The maximum absolute atomic E-state index is 9.69. The fourth-order valence-electron chi connectivity index (χ4n) is 1.98. The van der Waals surface area contributed by atoms with Crippen molar-refractivity contribution in [2.24, 2.45) is 17.3 Å². The first-order valence-corrected chi connectivity index (χ1v) is 8.76. The van der Waals surface area contributed by atoms with Crippen molar-refractivity contribution in [2.75, 3.05) is 0 Å². The summed E-state index contributed by atoms with van der Waals surface area (Å²) < 4.78 is 4.40. The maximum Gasteiger partial charge on any atom is 0.211 e. The Kier molecular flexibility index (Phi) is 4.46. The molecule has 0 spiro atoms. The Labute approximate surface area is 147 Å². The van der Waals surface area contributed by atoms with Crippen LogP contribution in [0.15, 0.2) is 55.5 Å². The van der Waals surface area contributed by atoms with Gasteiger partial charge in [0, 0.05) is 7.05 Å². The topological polar surface area (TPSA) is 49.9 Å². The fraction of sp³-hybridized carbons (Fsp3) is 0.0667. The Morgan fingerprint density at radius 2 is 1.86 bits per heavy atom. The molecule has 0 radical (unpaired) electrons. The van der Waals surface area contributed by atoms with Crippen molar-refractivity contribution in [1.82, 2.24) is 4.57 Å². The van der Waals surface area contributed by atoms with Crippen molar-refractivity contribution >= 4 is 59.6 Å². The number of aromatic nitrogens is 1. The largest absolute Gasteiger partial charge is 0.506 e. The second-order valence-corrected chi connectivity index (χ2v) is 7.31. The molecule has 0 fully saturated rings. The van der Waals surface area contributed by atoms with Crippen LogP contribution >= 0.6 is 43.2 Å². The van der Waals surface area contributed by atoms with E-state index in [4.69, 9.17) is 0 Å². The standard InChI is InChI=1S/C15H11Br2N3OS/c1-20-12-4-2-3-5-13(12)22-15(20)19-18-8-9-6-10(16)14(21)11(17)7-9/h2-8,21H,1H3/b18-8-,19-15+. The molecule has 0 aliphatic rings. The molecule has 3 aromatic rings. The molecular formula is C15H11Br2N3OS. The number of phenols is 1. The third-order valence-electron chi connectivity index (χ3n) is 3.10. The van der Waals surface area contributed by atoms with E-state index in [2.05, 4.69) is 54.2 Å². The summed E-state index contributed by atoms with van der Waals surface area (Å²) in [5.41, 5.74) is 1.97. The first kappa shape index (κ1) is 15.5. The highest BCUT2D eigenvalue weighted by Gasteiger charge is 2.04. The molecular weight excluding hydrogens is 430 g/mol. The van der Waals surface area contributed by atoms with Crippen LogP contribution in [0.4, 0.5) is 0 Å². The number of benzene rings is 2. The van der Waals surface area contributed by atoms with Crippen LogP contribution < -0.4 is 4.80 Å². The Morgan fingerprint density at radius 3 is 2.55 bits per heavy atom. The van der Waals surface area contributed by atoms with E-state index >= 15 is 0 Å². The van der Waals surface area contributed by atoms with Crippen LogP contribution in [0.1, 0.15) is 5.56 Å². The summed E-state index contributed by atoms with van der Waals surface area (Å²) in [7, 11) is 1.97. The number of fused-ring (bicyclic) bond motifs is 1. The van der Waals surface area contributed by atoms with Crippen molar-refractivity contribution in [3.8, 4) is 5.75 Å². The van der Waals surface area contributed by atoms with Gasteiger partial charge >= 0.3 is 0 Å². The minimum Gasteiger partial charge on any atom is -0.506 e. The Morgan fingerprint density at radius 1 is 1.18 bits per heavy atom. The van der Waals surface area contributed by atoms with Crippen LogP contribution in [0.25, 0.3) is 10.2 Å². The number of rotatable bonds is 2. The first-order valence-electron chi connectivity index (χ1n) is 6.36. The second kappa shape index (κ2) is 6.36. The number of thiazole rings is 1. The zero-order chi connectivity index (χ0) is 15.7. The van der Waals surface area contributed by atoms with E-state index in [1.165, 1.54) is 4.70 Å². The minimum atomic E-state index is 0.171. The molecule has 112 valence electrons. The number of aryl methyl sites for hydroxylation is 1. The Balaban J connectivity index is 1.97. The van der Waals surface area contributed by atoms with Gasteiger partial charge in [-0.3, -0.25) is 0 Å². The first-order chi connectivity index (χ1) is 10.6. The Bertz CT molecular complexity index is 920. The van der Waals surface area contributed by atoms with E-state index in [-0.39, 0.29) is 5.75 Å². The lowest BCUT2D eigenvalue weighted by Crippen LogP contribution is -2.08. The molecule has 0 atom stereocenters. The summed E-state index contributed by atoms with van der Waals surface area (Å²) in [4.78, 5) is 0.828. The number of hydrogen-bond donors (Lipinski definition) is 1. The molecule has 3 rings (SSSR count). The molecule has 0 saturated carbocycles. The molecule has 2 aromatic carbocycles. The average molecular weight is 441 g/mol. The van der Waals surface area contributed by atoms with Gasteiger partial charge in [-0.05, 0) is 61.7 Å². The van der Waals surface area contributed by atoms with Gasteiger partial charge in [0.2, 0.25) is 4.80 Å². The van der Waals surface area contributed by atoms with Crippen LogP contribution in [0.5, 0.6) is 5.75 Å². The smallest absolute Gasteiger partial charge is 0.211 e. The van der Waals surface area contributed by atoms with Gasteiger partial charge in [0.1, 0.15) is 5.75 Å². The fourth-order valence-corrected chi connectivity index (χ4v) is 4.18. The van der Waals surface area contributed by atoms with Crippen LogP contribution in [0, 0.1) is 0 Å². The lowest BCUT2D eigenvalue weighted by molar-refractivity contribution is 0.468. The Hall–Kier alpha value is -1.44. The molecule has 0 bridgehead atoms. The van der Waals surface area contributed by atoms with Crippen molar-refractivity contribution in [2.45, 2.75) is 0 Å². The van der Waals surface area contributed by atoms with E-state index in [1.54, 1.807) is 29.7 Å². The summed E-state index contributed by atoms with van der Waals surface area (Å²) in [5.74, 6) is 0.171. The van der Waals surface area contributed by atoms with Crippen molar-refractivity contribution in [1.29, 1.82) is 0 Å². The quantitative estimate of drug-likeness (QED) is 0.465. The van der Waals surface area contributed by atoms with E-state index < -0.39 is 0 Å². The molecule has 0 aliphatic heterocycles. The predicted molar refractivity (Wildman–Crippen MR) is 97.5 cm³/mol. The summed E-state index contributed by atoms with van der Waals surface area (Å²) in [5, 5.41) is 18.1. The van der Waals surface area contributed by atoms with Crippen LogP contribution in [-0.4, -0.2) is 15.9 Å². The summed E-state index contributed by atoms with van der Waals surface area (Å²) in [6.45, 7) is 0. The third-order valence-corrected chi connectivity index (χ3v) is 5.42. The monoisotopic (exact) mass is 439 g/mol. The zero-order valence-corrected chi connectivity index (χ0v) is 15.5. The van der Waals surface area contributed by atoms with Gasteiger partial charge in [0.25, 0.3) is 0 Å². The molecule has 0 amide bonds. The molecule has 22 heavy (non-hydrogen) atoms. The van der Waals surface area contributed by atoms with Gasteiger partial charge in [-0.1, -0.05) is 23.5 Å². The van der Waals surface area contributed by atoms with Gasteiger partial charge < -0.3 is 9.67 Å². The van der Waals surface area contributed by atoms with E-state index in [1.807, 2.05) is 23.7 Å². The number of aromatic hydroxyl groups is 1. The van der Waals surface area contributed by atoms with Crippen LogP contribution in [-0.2, 0) is 7.05 Å². The number of hydrogen-bond acceptors (Lipinski definition) is 4. The molecule has 7 heteroatoms. The van der Waals surface area contributed by atoms with Crippen LogP contribution in [0.3, 0.4) is 0 Å². The maximum atomic E-state index is 9.69. The third kappa shape index (κ3) is 3.02. The normalized spacial score (nSPS) is 12.6. The highest BCUT2D eigenvalue weighted by molar-refractivity contribution is 9.11. The molecule has 1 heterocycles. The second-order valence-electron chi connectivity index (χ2n) is 4.59. The molecule has 4 nitrogen and oxygen atoms in total. The zero-order valence-electron chi connectivity index (χ0n) is 11.5. The molecule has 1 aromatic heterocycles. The molecule has 1 N–H and O–H groups in total. The average Bonchev–Trinajstić information content (AvgIpc) is 2.82. The van der Waals surface area contributed by atoms with Crippen molar-refractivity contribution in [3.63, 3.8) is 0 Å². The van der Waals surface area contributed by atoms with E-state index in [0.29, 0.717) is 8.95 Å². The van der Waals surface area contributed by atoms with Crippen molar-refractivity contribution < 1.29 is 5.11 Å². The highest BCUT2D eigenvalue weighted by atomic mass is 79.9. The van der Waals surface area contributed by atoms with Crippen LogP contribution in [0.2, 0.25) is 0 Å². The summed E-state index contributed by atoms with van der Waals surface area (Å²) >= 11 is 8.18. The molecule has 0 aliphatic carbocycles. The molecule has 0 saturated heterocycles. The van der Waals surface area contributed by atoms with Crippen molar-refractivity contribution in [3.05, 3.63) is 55.7 Å². The van der Waals surface area contributed by atoms with Gasteiger partial charge in [-0.25, -0.2) is 0 Å². The summed E-state index contributed by atoms with van der Waals surface area (Å²) in [6.07, 6.45) is 1.65. The molecule has 0 unspecified atom stereocenters. The highest BCUT2D eigenvalue weighted by Crippen LogP contribution is 2.32. The van der Waals surface area contributed by atoms with Gasteiger partial charge in [0.15, 0.2) is 0 Å². The van der Waals surface area contributed by atoms with E-state index in [0.717, 1.165) is 15.9 Å². The number of para-hydroxylation sites is 1. The lowest BCUT2D eigenvalue weighted by atomic mass is 10.2. The SMILES string of the molecule is Cn1/c(=N\N=C/c2cc(Br)c(O)c(Br)c2)sc2ccccc21. The lowest BCUT2D eigenvalue weighted by Gasteiger charge is -2.01. The van der Waals surface area contributed by atoms with Gasteiger partial charge in [0.05, 0.1) is 25.4 Å². The predicted octanol–water partition coefficient (Wildman–Crippen LogP) is 4.41. The van der Waals surface area contributed by atoms with E-state index in [9.17, 15) is 5.11 Å². The van der Waals surface area contributed by atoms with Gasteiger partial charge in [-0.15, -0.1) is 5.10 Å². The minimum absolute atomic E-state index is 0.171. The van der Waals surface area contributed by atoms with Gasteiger partial charge in [-0.2, -0.15) is 5.10 Å².